The van der Waals surface area contributed by atoms with Crippen LogP contribution < -0.4 is 15.4 Å². The Morgan fingerprint density at radius 2 is 1.47 bits per heavy atom. The quantitative estimate of drug-likeness (QED) is 0.137. The molecule has 49 heavy (non-hydrogen) atoms. The lowest BCUT2D eigenvalue weighted by molar-refractivity contribution is -0.253. The Hall–Kier alpha value is -4.59. The molecule has 0 heterocycles. The summed E-state index contributed by atoms with van der Waals surface area (Å²) < 4.78 is 143. The monoisotopic (exact) mass is 700 g/mol. The van der Waals surface area contributed by atoms with Gasteiger partial charge in [0.2, 0.25) is 0 Å². The summed E-state index contributed by atoms with van der Waals surface area (Å²) in [4.78, 5) is 13.8. The van der Waals surface area contributed by atoms with Gasteiger partial charge < -0.3 is 15.4 Å². The molecule has 0 spiro atoms. The summed E-state index contributed by atoms with van der Waals surface area (Å²) in [6.45, 7) is 4.23. The number of carbonyl (C=O) groups excluding carboxylic acids is 1. The molecule has 0 aromatic heterocycles. The van der Waals surface area contributed by atoms with Crippen molar-refractivity contribution in [3.05, 3.63) is 136 Å². The van der Waals surface area contributed by atoms with Gasteiger partial charge in [0.15, 0.2) is 0 Å². The van der Waals surface area contributed by atoms with Crippen molar-refractivity contribution in [3.63, 3.8) is 0 Å². The summed E-state index contributed by atoms with van der Waals surface area (Å²) in [5.74, 6) is -5.80. The Kier molecular flexibility index (Phi) is 11.3. The van der Waals surface area contributed by atoms with Crippen LogP contribution in [-0.4, -0.2) is 25.0 Å². The van der Waals surface area contributed by atoms with Gasteiger partial charge in [-0.25, -0.2) is 13.2 Å². The lowest BCUT2D eigenvalue weighted by Crippen LogP contribution is -2.49. The summed E-state index contributed by atoms with van der Waals surface area (Å²) in [5.41, 5.74) is -4.49. The van der Waals surface area contributed by atoms with Crippen molar-refractivity contribution < 1.29 is 53.4 Å². The van der Waals surface area contributed by atoms with Crippen LogP contribution in [0, 0.1) is 23.4 Å². The Morgan fingerprint density at radius 3 is 2.10 bits per heavy atom. The van der Waals surface area contributed by atoms with Gasteiger partial charge in [-0.3, -0.25) is 4.79 Å². The fourth-order valence-electron chi connectivity index (χ4n) is 5.15. The largest absolute Gasteiger partial charge is 0.461 e. The lowest BCUT2D eigenvalue weighted by Gasteiger charge is -2.37. The maximum atomic E-state index is 15.2. The van der Waals surface area contributed by atoms with E-state index in [1.807, 2.05) is 13.8 Å². The highest BCUT2D eigenvalue weighted by Crippen LogP contribution is 2.39. The van der Waals surface area contributed by atoms with Crippen molar-refractivity contribution in [2.24, 2.45) is 5.92 Å². The molecule has 0 aliphatic carbocycles. The molecule has 1 amide bonds. The van der Waals surface area contributed by atoms with Crippen LogP contribution in [0.3, 0.4) is 0 Å². The van der Waals surface area contributed by atoms with E-state index in [-0.39, 0.29) is 41.6 Å². The number of alkyl halides is 7. The maximum Gasteiger partial charge on any atom is 0.461 e. The molecule has 4 aromatic rings. The van der Waals surface area contributed by atoms with E-state index in [0.717, 1.165) is 24.3 Å². The first-order chi connectivity index (χ1) is 22.9. The number of hydrogen-bond donors (Lipinski definition) is 2. The van der Waals surface area contributed by atoms with Crippen LogP contribution in [-0.2, 0) is 24.7 Å². The molecule has 0 radical (unpaired) electrons. The number of rotatable bonds is 13. The van der Waals surface area contributed by atoms with Crippen molar-refractivity contribution in [3.8, 4) is 5.75 Å². The van der Waals surface area contributed by atoms with E-state index in [1.165, 1.54) is 12.1 Å². The van der Waals surface area contributed by atoms with Crippen LogP contribution >= 0.6 is 0 Å². The zero-order chi connectivity index (χ0) is 36.1. The molecule has 14 heteroatoms. The van der Waals surface area contributed by atoms with E-state index < -0.39 is 64.5 Å². The molecule has 1 atom stereocenters. The van der Waals surface area contributed by atoms with Crippen LogP contribution in [0.2, 0.25) is 0 Å². The van der Waals surface area contributed by atoms with Crippen molar-refractivity contribution >= 4 is 5.91 Å². The molecule has 4 aromatic carbocycles. The number of ether oxygens (including phenoxy) is 1. The second-order valence-corrected chi connectivity index (χ2v) is 11.7. The Balaban J connectivity index is 1.99. The highest BCUT2D eigenvalue weighted by molar-refractivity contribution is 5.95. The SMILES string of the molecule is CC(C)CNCc1cc(C(Cc2ccccc2)(NC(=O)c2ccc(F)c(C(F)(F)F)c2)c2cc(F)cc(OC(F)(F)C(F)F)c2)ccc1F. The van der Waals surface area contributed by atoms with Gasteiger partial charge in [0.05, 0.1) is 11.1 Å². The molecule has 2 N–H and O–H groups in total. The fraction of sp³-hybridized carbons (Fsp3) is 0.286. The predicted octanol–water partition coefficient (Wildman–Crippen LogP) is 9.02. The average molecular weight is 701 g/mol. The van der Waals surface area contributed by atoms with E-state index in [4.69, 9.17) is 0 Å². The topological polar surface area (TPSA) is 50.4 Å². The van der Waals surface area contributed by atoms with Crippen LogP contribution in [0.1, 0.15) is 52.0 Å². The van der Waals surface area contributed by atoms with Gasteiger partial charge in [0, 0.05) is 30.2 Å². The number of halogens is 10. The van der Waals surface area contributed by atoms with Crippen LogP contribution in [0.15, 0.2) is 84.9 Å². The molecule has 0 aliphatic rings. The smallest absolute Gasteiger partial charge is 0.428 e. The van der Waals surface area contributed by atoms with Crippen molar-refractivity contribution in [1.29, 1.82) is 0 Å². The summed E-state index contributed by atoms with van der Waals surface area (Å²) in [5, 5.41) is 5.61. The summed E-state index contributed by atoms with van der Waals surface area (Å²) in [7, 11) is 0. The van der Waals surface area contributed by atoms with Crippen LogP contribution in [0.25, 0.3) is 0 Å². The maximum absolute atomic E-state index is 15.2. The van der Waals surface area contributed by atoms with Crippen molar-refractivity contribution in [2.75, 3.05) is 6.54 Å². The first-order valence-electron chi connectivity index (χ1n) is 14.8. The summed E-state index contributed by atoms with van der Waals surface area (Å²) in [6.07, 6.45) is -14.9. The van der Waals surface area contributed by atoms with Crippen LogP contribution in [0.5, 0.6) is 5.75 Å². The van der Waals surface area contributed by atoms with Gasteiger partial charge >= 0.3 is 18.7 Å². The van der Waals surface area contributed by atoms with Crippen molar-refractivity contribution in [1.82, 2.24) is 10.6 Å². The van der Waals surface area contributed by atoms with E-state index in [2.05, 4.69) is 15.4 Å². The van der Waals surface area contributed by atoms with E-state index in [9.17, 15) is 39.9 Å². The lowest BCUT2D eigenvalue weighted by atomic mass is 9.77. The molecule has 1 unspecified atom stereocenters. The van der Waals surface area contributed by atoms with E-state index in [1.54, 1.807) is 30.3 Å². The van der Waals surface area contributed by atoms with Gasteiger partial charge in [0.1, 0.15) is 23.2 Å². The zero-order valence-electron chi connectivity index (χ0n) is 26.0. The molecule has 0 saturated carbocycles. The molecule has 0 bridgehead atoms. The molecule has 262 valence electrons. The third-order valence-electron chi connectivity index (χ3n) is 7.45. The third-order valence-corrected chi connectivity index (χ3v) is 7.45. The number of benzene rings is 4. The van der Waals surface area contributed by atoms with Gasteiger partial charge in [-0.05, 0) is 71.6 Å². The minimum absolute atomic E-state index is 0.00257. The second kappa shape index (κ2) is 14.9. The van der Waals surface area contributed by atoms with Gasteiger partial charge in [-0.2, -0.15) is 30.7 Å². The molecular weight excluding hydrogens is 670 g/mol. The number of nitrogens with one attached hydrogen (secondary N) is 2. The number of carbonyl (C=O) groups is 1. The highest BCUT2D eigenvalue weighted by Gasteiger charge is 2.45. The first kappa shape index (κ1) is 37.2. The van der Waals surface area contributed by atoms with E-state index in [0.29, 0.717) is 24.2 Å². The normalized spacial score (nSPS) is 13.4. The van der Waals surface area contributed by atoms with Gasteiger partial charge in [-0.1, -0.05) is 50.2 Å². The minimum atomic E-state index is -5.19. The molecular formula is C35H30F10N2O2. The molecule has 4 nitrogen and oxygen atoms in total. The summed E-state index contributed by atoms with van der Waals surface area (Å²) >= 11 is 0. The Bertz CT molecular complexity index is 1760. The minimum Gasteiger partial charge on any atom is -0.428 e. The predicted molar refractivity (Wildman–Crippen MR) is 161 cm³/mol. The Morgan fingerprint density at radius 1 is 0.796 bits per heavy atom. The fourth-order valence-corrected chi connectivity index (χ4v) is 5.15. The second-order valence-electron chi connectivity index (χ2n) is 11.7. The molecule has 0 fully saturated rings. The number of amides is 1. The van der Waals surface area contributed by atoms with Crippen LogP contribution in [0.4, 0.5) is 43.9 Å². The zero-order valence-corrected chi connectivity index (χ0v) is 26.0. The average Bonchev–Trinajstić information content (AvgIpc) is 3.01. The van der Waals surface area contributed by atoms with E-state index >= 15 is 8.78 Å². The van der Waals surface area contributed by atoms with Crippen molar-refractivity contribution in [2.45, 2.75) is 51.1 Å². The third kappa shape index (κ3) is 9.11. The van der Waals surface area contributed by atoms with Gasteiger partial charge in [0.25, 0.3) is 5.91 Å². The standard InChI is InChI=1S/C35H30F10N2O2/c1-20(2)18-46-19-23-12-24(9-11-29(23)37)33(17-21-6-4-3-5-7-21,25-14-26(36)16-27(15-25)49-35(44,45)32(39)40)47-31(48)22-8-10-30(38)28(13-22)34(41,42)43/h3-16,20,32,46H,17-19H2,1-2H3,(H,47,48). The molecule has 4 rings (SSSR count). The Labute approximate surface area is 275 Å². The summed E-state index contributed by atoms with van der Waals surface area (Å²) in [6, 6.07) is 14.8. The van der Waals surface area contributed by atoms with Gasteiger partial charge in [-0.15, -0.1) is 0 Å². The number of hydrogen-bond acceptors (Lipinski definition) is 3. The highest BCUT2D eigenvalue weighted by atomic mass is 19.4. The first-order valence-corrected chi connectivity index (χ1v) is 14.8. The molecule has 0 saturated heterocycles. The molecule has 0 aliphatic heterocycles.